The van der Waals surface area contributed by atoms with Crippen LogP contribution in [0.15, 0.2) is 60.7 Å². The second kappa shape index (κ2) is 7.27. The number of esters is 1. The lowest BCUT2D eigenvalue weighted by Crippen LogP contribution is -2.16. The molecule has 28 heavy (non-hydrogen) atoms. The van der Waals surface area contributed by atoms with E-state index in [9.17, 15) is 4.79 Å². The molecular weight excluding hydrogens is 356 g/mol. The van der Waals surface area contributed by atoms with Crippen molar-refractivity contribution in [2.75, 3.05) is 21.3 Å². The highest BCUT2D eigenvalue weighted by molar-refractivity contribution is 5.92. The van der Waals surface area contributed by atoms with Crippen LogP contribution in [0.25, 0.3) is 0 Å². The average Bonchev–Trinajstić information content (AvgIpc) is 2.76. The molecule has 1 aliphatic rings. The maximum Gasteiger partial charge on any atom is 0.338 e. The van der Waals surface area contributed by atoms with Crippen LogP contribution in [0, 0.1) is 0 Å². The summed E-state index contributed by atoms with van der Waals surface area (Å²) in [5.74, 6) is 2.21. The molecule has 0 amide bonds. The summed E-state index contributed by atoms with van der Waals surface area (Å²) in [7, 11) is 4.62. The number of benzene rings is 3. The quantitative estimate of drug-likeness (QED) is 0.480. The van der Waals surface area contributed by atoms with Crippen LogP contribution in [0.4, 0.5) is 0 Å². The third-order valence-corrected chi connectivity index (χ3v) is 4.96. The van der Waals surface area contributed by atoms with E-state index in [-0.39, 0.29) is 11.9 Å². The minimum atomic E-state index is -0.368. The Balaban J connectivity index is 1.96. The molecule has 0 radical (unpaired) electrons. The fourth-order valence-corrected chi connectivity index (χ4v) is 3.60. The maximum atomic E-state index is 12.4. The molecule has 1 aliphatic heterocycles. The SMILES string of the molecule is COC(=O)c1ccccc1C1c2ccc(OC)cc2Oc2cc(OC)ccc21. The first-order chi connectivity index (χ1) is 13.7. The largest absolute Gasteiger partial charge is 0.497 e. The van der Waals surface area contributed by atoms with Crippen molar-refractivity contribution in [1.29, 1.82) is 0 Å². The lowest BCUT2D eigenvalue weighted by Gasteiger charge is -2.30. The van der Waals surface area contributed by atoms with E-state index >= 15 is 0 Å². The Morgan fingerprint density at radius 2 is 1.36 bits per heavy atom. The number of fused-ring (bicyclic) bond motifs is 2. The van der Waals surface area contributed by atoms with Crippen LogP contribution < -0.4 is 14.2 Å². The van der Waals surface area contributed by atoms with Crippen LogP contribution >= 0.6 is 0 Å². The Kier molecular flexibility index (Phi) is 4.65. The Morgan fingerprint density at radius 1 is 0.786 bits per heavy atom. The molecule has 0 unspecified atom stereocenters. The molecule has 142 valence electrons. The standard InChI is InChI=1S/C23H20O5/c1-25-14-8-10-18-20(12-14)28-21-13-15(26-2)9-11-19(21)22(18)16-6-4-5-7-17(16)23(24)27-3/h4-13,22H,1-3H3. The summed E-state index contributed by atoms with van der Waals surface area (Å²) in [5, 5.41) is 0. The molecule has 0 fully saturated rings. The lowest BCUT2D eigenvalue weighted by molar-refractivity contribution is 0.0599. The lowest BCUT2D eigenvalue weighted by atomic mass is 9.80. The van der Waals surface area contributed by atoms with Crippen molar-refractivity contribution in [3.8, 4) is 23.0 Å². The van der Waals surface area contributed by atoms with E-state index in [1.807, 2.05) is 54.6 Å². The molecule has 3 aromatic carbocycles. The van der Waals surface area contributed by atoms with Crippen molar-refractivity contribution in [2.24, 2.45) is 0 Å². The summed E-state index contributed by atoms with van der Waals surface area (Å²) in [6.07, 6.45) is 0. The van der Waals surface area contributed by atoms with Crippen molar-refractivity contribution >= 4 is 5.97 Å². The first-order valence-corrected chi connectivity index (χ1v) is 8.87. The molecule has 0 spiro atoms. The topological polar surface area (TPSA) is 54.0 Å². The van der Waals surface area contributed by atoms with Crippen LogP contribution in [0.5, 0.6) is 23.0 Å². The van der Waals surface area contributed by atoms with Crippen LogP contribution in [0.3, 0.4) is 0 Å². The van der Waals surface area contributed by atoms with Gasteiger partial charge < -0.3 is 18.9 Å². The summed E-state index contributed by atoms with van der Waals surface area (Å²) in [4.78, 5) is 12.4. The second-order valence-corrected chi connectivity index (χ2v) is 6.42. The summed E-state index contributed by atoms with van der Waals surface area (Å²) < 4.78 is 21.9. The van der Waals surface area contributed by atoms with Gasteiger partial charge in [0.25, 0.3) is 0 Å². The number of hydrogen-bond acceptors (Lipinski definition) is 5. The van der Waals surface area contributed by atoms with Gasteiger partial charge in [0.1, 0.15) is 23.0 Å². The van der Waals surface area contributed by atoms with Gasteiger partial charge in [-0.05, 0) is 23.8 Å². The molecule has 1 heterocycles. The molecule has 0 N–H and O–H groups in total. The van der Waals surface area contributed by atoms with Crippen molar-refractivity contribution < 1.29 is 23.7 Å². The first kappa shape index (κ1) is 17.9. The highest BCUT2D eigenvalue weighted by Crippen LogP contribution is 2.49. The highest BCUT2D eigenvalue weighted by atomic mass is 16.5. The predicted molar refractivity (Wildman–Crippen MR) is 105 cm³/mol. The molecule has 5 heteroatoms. The number of methoxy groups -OCH3 is 3. The number of hydrogen-bond donors (Lipinski definition) is 0. The van der Waals surface area contributed by atoms with Crippen molar-refractivity contribution in [3.05, 3.63) is 82.9 Å². The molecule has 0 aromatic heterocycles. The molecule has 5 nitrogen and oxygen atoms in total. The first-order valence-electron chi connectivity index (χ1n) is 8.87. The third kappa shape index (κ3) is 2.95. The Bertz CT molecular complexity index is 987. The summed E-state index contributed by atoms with van der Waals surface area (Å²) in [6.45, 7) is 0. The van der Waals surface area contributed by atoms with Gasteiger partial charge in [-0.15, -0.1) is 0 Å². The molecular formula is C23H20O5. The number of carbonyl (C=O) groups is 1. The Hall–Kier alpha value is -3.47. The van der Waals surface area contributed by atoms with Crippen LogP contribution in [0.1, 0.15) is 33.0 Å². The van der Waals surface area contributed by atoms with Gasteiger partial charge in [0.2, 0.25) is 0 Å². The second-order valence-electron chi connectivity index (χ2n) is 6.42. The summed E-state index contributed by atoms with van der Waals surface area (Å²) >= 11 is 0. The fraction of sp³-hybridized carbons (Fsp3) is 0.174. The number of rotatable bonds is 4. The van der Waals surface area contributed by atoms with Gasteiger partial charge in [-0.2, -0.15) is 0 Å². The smallest absolute Gasteiger partial charge is 0.338 e. The van der Waals surface area contributed by atoms with Crippen LogP contribution in [-0.2, 0) is 4.74 Å². The Morgan fingerprint density at radius 3 is 1.89 bits per heavy atom. The zero-order chi connectivity index (χ0) is 19.7. The maximum absolute atomic E-state index is 12.4. The monoisotopic (exact) mass is 376 g/mol. The zero-order valence-corrected chi connectivity index (χ0v) is 15.9. The van der Waals surface area contributed by atoms with E-state index < -0.39 is 0 Å². The van der Waals surface area contributed by atoms with Gasteiger partial charge in [0, 0.05) is 29.2 Å². The van der Waals surface area contributed by atoms with Crippen molar-refractivity contribution in [3.63, 3.8) is 0 Å². The molecule has 0 bridgehead atoms. The van der Waals surface area contributed by atoms with E-state index in [0.29, 0.717) is 28.6 Å². The predicted octanol–water partition coefficient (Wildman–Crippen LogP) is 4.78. The molecule has 0 aliphatic carbocycles. The van der Waals surface area contributed by atoms with E-state index in [1.165, 1.54) is 7.11 Å². The van der Waals surface area contributed by atoms with Crippen molar-refractivity contribution in [2.45, 2.75) is 5.92 Å². The van der Waals surface area contributed by atoms with Crippen LogP contribution in [-0.4, -0.2) is 27.3 Å². The fourth-order valence-electron chi connectivity index (χ4n) is 3.60. The van der Waals surface area contributed by atoms with Gasteiger partial charge in [-0.1, -0.05) is 30.3 Å². The minimum absolute atomic E-state index is 0.189. The molecule has 3 aromatic rings. The van der Waals surface area contributed by atoms with E-state index in [2.05, 4.69) is 0 Å². The Labute approximate surface area is 163 Å². The normalized spacial score (nSPS) is 12.4. The summed E-state index contributed by atoms with van der Waals surface area (Å²) in [6, 6.07) is 18.9. The number of carbonyl (C=O) groups excluding carboxylic acids is 1. The molecule has 0 atom stereocenters. The molecule has 4 rings (SSSR count). The van der Waals surface area contributed by atoms with Crippen molar-refractivity contribution in [1.82, 2.24) is 0 Å². The van der Waals surface area contributed by atoms with Gasteiger partial charge in [0.15, 0.2) is 0 Å². The minimum Gasteiger partial charge on any atom is -0.497 e. The van der Waals surface area contributed by atoms with Gasteiger partial charge in [-0.3, -0.25) is 0 Å². The molecule has 0 saturated carbocycles. The zero-order valence-electron chi connectivity index (χ0n) is 15.9. The van der Waals surface area contributed by atoms with E-state index in [4.69, 9.17) is 18.9 Å². The highest BCUT2D eigenvalue weighted by Gasteiger charge is 2.32. The van der Waals surface area contributed by atoms with Gasteiger partial charge in [0.05, 0.1) is 26.9 Å². The summed E-state index contributed by atoms with van der Waals surface area (Å²) in [5.41, 5.74) is 3.29. The average molecular weight is 376 g/mol. The van der Waals surface area contributed by atoms with E-state index in [1.54, 1.807) is 20.3 Å². The van der Waals surface area contributed by atoms with Gasteiger partial charge in [-0.25, -0.2) is 4.79 Å². The number of ether oxygens (including phenoxy) is 4. The third-order valence-electron chi connectivity index (χ3n) is 4.96. The van der Waals surface area contributed by atoms with Crippen LogP contribution in [0.2, 0.25) is 0 Å². The van der Waals surface area contributed by atoms with Gasteiger partial charge >= 0.3 is 5.97 Å². The van der Waals surface area contributed by atoms with E-state index in [0.717, 1.165) is 16.7 Å². The molecule has 0 saturated heterocycles.